The number of likely N-dealkylation sites (N-methyl/N-ethyl adjacent to an activating group) is 1. The molecule has 4 aromatic rings. The highest BCUT2D eigenvalue weighted by Gasteiger charge is 2.47. The number of rotatable bonds is 6. The van der Waals surface area contributed by atoms with Gasteiger partial charge in [0, 0.05) is 12.7 Å². The summed E-state index contributed by atoms with van der Waals surface area (Å²) in [6.07, 6.45) is 3.75. The number of fused-ring (bicyclic) bond motifs is 1. The van der Waals surface area contributed by atoms with Gasteiger partial charge in [0.05, 0.1) is 11.6 Å². The minimum Gasteiger partial charge on any atom is -0.382 e. The van der Waals surface area contributed by atoms with E-state index in [1.807, 2.05) is 67.9 Å². The van der Waals surface area contributed by atoms with E-state index in [2.05, 4.69) is 42.7 Å². The molecule has 0 saturated carbocycles. The van der Waals surface area contributed by atoms with Crippen LogP contribution in [0, 0.1) is 0 Å². The van der Waals surface area contributed by atoms with Crippen LogP contribution >= 0.6 is 0 Å². The second kappa shape index (κ2) is 8.79. The number of hydrogen-bond donors (Lipinski definition) is 2. The fourth-order valence-electron chi connectivity index (χ4n) is 4.43. The number of nitrogen functional groups attached to an aromatic ring is 1. The van der Waals surface area contributed by atoms with Gasteiger partial charge in [0.2, 0.25) is 5.91 Å². The molecule has 1 aliphatic rings. The van der Waals surface area contributed by atoms with Gasteiger partial charge in [-0.1, -0.05) is 47.7 Å². The van der Waals surface area contributed by atoms with E-state index >= 15 is 0 Å². The molecule has 2 aromatic heterocycles. The third-order valence-electron chi connectivity index (χ3n) is 6.67. The fraction of sp³-hybridized carbons (Fsp3) is 0.280. The largest absolute Gasteiger partial charge is 0.382 e. The Morgan fingerprint density at radius 3 is 2.60 bits per heavy atom. The molecule has 35 heavy (non-hydrogen) atoms. The number of aromatic nitrogens is 4. The lowest BCUT2D eigenvalue weighted by Gasteiger charge is -2.34. The number of benzene rings is 2. The van der Waals surface area contributed by atoms with E-state index in [1.54, 1.807) is 11.3 Å². The summed E-state index contributed by atoms with van der Waals surface area (Å²) in [6, 6.07) is 17.1. The first-order chi connectivity index (χ1) is 16.9. The van der Waals surface area contributed by atoms with Gasteiger partial charge in [-0.05, 0) is 43.5 Å². The van der Waals surface area contributed by atoms with Crippen LogP contribution in [0.2, 0.25) is 0 Å². The van der Waals surface area contributed by atoms with Crippen molar-refractivity contribution in [1.82, 2.24) is 29.8 Å². The van der Waals surface area contributed by atoms with Gasteiger partial charge in [-0.25, -0.2) is 15.0 Å². The number of carbonyl (C=O) groups excluding carboxylic acids is 1. The monoisotopic (exact) mass is 469 g/mol. The average molecular weight is 470 g/mol. The average Bonchev–Trinajstić information content (AvgIpc) is 3.42. The van der Waals surface area contributed by atoms with Crippen molar-refractivity contribution in [2.24, 2.45) is 10.3 Å². The van der Waals surface area contributed by atoms with Gasteiger partial charge >= 0.3 is 0 Å². The van der Waals surface area contributed by atoms with Crippen LogP contribution < -0.4 is 11.1 Å². The van der Waals surface area contributed by atoms with Crippen molar-refractivity contribution < 1.29 is 4.79 Å². The van der Waals surface area contributed by atoms with Crippen molar-refractivity contribution in [1.29, 1.82) is 0 Å². The summed E-state index contributed by atoms with van der Waals surface area (Å²) in [5.41, 5.74) is 9.53. The Morgan fingerprint density at radius 1 is 1.11 bits per heavy atom. The molecule has 2 unspecified atom stereocenters. The molecule has 1 aliphatic heterocycles. The van der Waals surface area contributed by atoms with Crippen LogP contribution in [-0.4, -0.2) is 49.1 Å². The number of anilines is 1. The number of hydrogen-bond acceptors (Lipinski definition) is 8. The van der Waals surface area contributed by atoms with E-state index in [-0.39, 0.29) is 11.9 Å². The van der Waals surface area contributed by atoms with E-state index < -0.39 is 11.6 Å². The molecule has 10 heteroatoms. The summed E-state index contributed by atoms with van der Waals surface area (Å²) in [6.45, 7) is 3.98. The zero-order valence-corrected chi connectivity index (χ0v) is 19.8. The lowest BCUT2D eigenvalue weighted by atomic mass is 9.85. The molecular formula is C25H27N9O. The number of nitrogens with two attached hydrogens (primary N) is 1. The Morgan fingerprint density at radius 2 is 1.86 bits per heavy atom. The molecule has 5 rings (SSSR count). The quantitative estimate of drug-likeness (QED) is 0.446. The summed E-state index contributed by atoms with van der Waals surface area (Å²) >= 11 is 0. The molecule has 2 aromatic carbocycles. The van der Waals surface area contributed by atoms with E-state index in [9.17, 15) is 4.79 Å². The maximum atomic E-state index is 13.3. The molecule has 1 amide bonds. The van der Waals surface area contributed by atoms with Crippen LogP contribution in [0.25, 0.3) is 16.9 Å². The van der Waals surface area contributed by atoms with Crippen molar-refractivity contribution in [3.63, 3.8) is 0 Å². The zero-order valence-electron chi connectivity index (χ0n) is 19.8. The van der Waals surface area contributed by atoms with E-state index in [1.165, 1.54) is 6.33 Å². The number of carbonyl (C=O) groups is 1. The predicted molar refractivity (Wildman–Crippen MR) is 133 cm³/mol. The Labute approximate surface area is 202 Å². The lowest BCUT2D eigenvalue weighted by molar-refractivity contribution is -0.125. The van der Waals surface area contributed by atoms with Gasteiger partial charge in [-0.3, -0.25) is 14.4 Å². The van der Waals surface area contributed by atoms with Gasteiger partial charge in [-0.15, -0.1) is 0 Å². The van der Waals surface area contributed by atoms with Gasteiger partial charge < -0.3 is 11.1 Å². The predicted octanol–water partition coefficient (Wildman–Crippen LogP) is 3.26. The first kappa shape index (κ1) is 22.5. The molecule has 10 nitrogen and oxygen atoms in total. The van der Waals surface area contributed by atoms with Crippen LogP contribution in [0.3, 0.4) is 0 Å². The second-order valence-corrected chi connectivity index (χ2v) is 9.02. The molecule has 3 atom stereocenters. The lowest BCUT2D eigenvalue weighted by Crippen LogP contribution is -2.54. The number of nitrogens with one attached hydrogen (secondary N) is 1. The van der Waals surface area contributed by atoms with Crippen LogP contribution in [-0.2, 0) is 11.2 Å². The second-order valence-electron chi connectivity index (χ2n) is 9.02. The normalized spacial score (nSPS) is 20.3. The molecule has 3 N–H and O–H groups in total. The maximum absolute atomic E-state index is 13.3. The van der Waals surface area contributed by atoms with E-state index in [4.69, 9.17) is 5.73 Å². The Hall–Kier alpha value is -4.34. The van der Waals surface area contributed by atoms with Crippen molar-refractivity contribution in [3.8, 4) is 5.69 Å². The molecule has 178 valence electrons. The molecular weight excluding hydrogens is 442 g/mol. The highest BCUT2D eigenvalue weighted by molar-refractivity contribution is 5.84. The zero-order chi connectivity index (χ0) is 24.6. The number of amides is 1. The van der Waals surface area contributed by atoms with Crippen LogP contribution in [0.15, 0.2) is 77.6 Å². The fourth-order valence-corrected chi connectivity index (χ4v) is 4.43. The van der Waals surface area contributed by atoms with Crippen molar-refractivity contribution in [3.05, 3.63) is 78.4 Å². The summed E-state index contributed by atoms with van der Waals surface area (Å²) in [5.74, 6) is 0.191. The summed E-state index contributed by atoms with van der Waals surface area (Å²) in [7, 11) is 1.86. The number of nitrogens with zero attached hydrogens (tertiary/aromatic N) is 7. The van der Waals surface area contributed by atoms with E-state index in [0.29, 0.717) is 23.4 Å². The molecule has 3 heterocycles. The van der Waals surface area contributed by atoms with Gasteiger partial charge in [0.1, 0.15) is 12.7 Å². The summed E-state index contributed by atoms with van der Waals surface area (Å²) in [5, 5.41) is 13.4. The standard InChI is InChI=1S/C25H27N9O/c1-16(18-9-11-19(12-10-18)34-15-29-20-22(26)27-14-28-23(20)34)30-24(35)21-25(2,33(3)32-31-21)13-17-7-5-4-6-8-17/h4-12,14-16,21H,13H2,1-3H3,(H,30,35)(H2,26,27,28)/t16?,21?,25-/m0/s1. The Kier molecular flexibility index (Phi) is 5.64. The van der Waals surface area contributed by atoms with Gasteiger partial charge in [-0.2, -0.15) is 5.11 Å². The number of imidazole rings is 1. The first-order valence-corrected chi connectivity index (χ1v) is 11.4. The molecule has 0 radical (unpaired) electrons. The molecule has 0 spiro atoms. The first-order valence-electron chi connectivity index (χ1n) is 11.4. The van der Waals surface area contributed by atoms with Crippen LogP contribution in [0.1, 0.15) is 31.0 Å². The van der Waals surface area contributed by atoms with Crippen LogP contribution in [0.4, 0.5) is 5.82 Å². The topological polar surface area (TPSA) is 127 Å². The van der Waals surface area contributed by atoms with Crippen molar-refractivity contribution >= 4 is 22.9 Å². The summed E-state index contributed by atoms with van der Waals surface area (Å²) in [4.78, 5) is 25.9. The highest BCUT2D eigenvalue weighted by Crippen LogP contribution is 2.32. The SMILES string of the molecule is CC(NC(=O)C1N=NN(C)[C@@]1(C)Cc1ccccc1)c1ccc(-n2cnc3c(N)ncnc32)cc1. The van der Waals surface area contributed by atoms with Crippen molar-refractivity contribution in [2.45, 2.75) is 37.9 Å². The van der Waals surface area contributed by atoms with Crippen molar-refractivity contribution in [2.75, 3.05) is 12.8 Å². The van der Waals surface area contributed by atoms with Crippen LogP contribution in [0.5, 0.6) is 0 Å². The minimum absolute atomic E-state index is 0.152. The highest BCUT2D eigenvalue weighted by atomic mass is 16.2. The summed E-state index contributed by atoms with van der Waals surface area (Å²) < 4.78 is 1.85. The third kappa shape index (κ3) is 4.07. The third-order valence-corrected chi connectivity index (χ3v) is 6.67. The molecule has 0 bridgehead atoms. The van der Waals surface area contributed by atoms with Gasteiger partial charge in [0.25, 0.3) is 0 Å². The molecule has 0 fully saturated rings. The Balaban J connectivity index is 1.31. The minimum atomic E-state index is -0.614. The smallest absolute Gasteiger partial charge is 0.249 e. The van der Waals surface area contributed by atoms with E-state index in [0.717, 1.165) is 16.8 Å². The Bertz CT molecular complexity index is 1380. The van der Waals surface area contributed by atoms with Gasteiger partial charge in [0.15, 0.2) is 23.0 Å². The maximum Gasteiger partial charge on any atom is 0.249 e. The molecule has 0 aliphatic carbocycles. The molecule has 0 saturated heterocycles.